The third-order valence-electron chi connectivity index (χ3n) is 8.11. The summed E-state index contributed by atoms with van der Waals surface area (Å²) in [5, 5.41) is 3.52. The van der Waals surface area contributed by atoms with Gasteiger partial charge in [-0.15, -0.1) is 0 Å². The van der Waals surface area contributed by atoms with Crippen LogP contribution in [0.25, 0.3) is 0 Å². The predicted octanol–water partition coefficient (Wildman–Crippen LogP) is 2.43. The summed E-state index contributed by atoms with van der Waals surface area (Å²) in [5.41, 5.74) is 0. The van der Waals surface area contributed by atoms with Crippen LogP contribution < -0.4 is 5.32 Å². The molecule has 130 valence electrons. The molecule has 0 aromatic rings. The molecule has 5 rings (SSSR count). The lowest BCUT2D eigenvalue weighted by atomic mass is 10.0. The first kappa shape index (κ1) is 15.2. The Morgan fingerprint density at radius 3 is 1.70 bits per heavy atom. The molecule has 0 spiro atoms. The van der Waals surface area contributed by atoms with Crippen LogP contribution in [0.15, 0.2) is 0 Å². The summed E-state index contributed by atoms with van der Waals surface area (Å²) in [4.78, 5) is 5.79. The summed E-state index contributed by atoms with van der Waals surface area (Å²) in [6.45, 7) is 10.7. The van der Waals surface area contributed by atoms with Crippen LogP contribution in [0.5, 0.6) is 0 Å². The molecule has 0 aromatic carbocycles. The fourth-order valence-corrected chi connectivity index (χ4v) is 7.01. The van der Waals surface area contributed by atoms with Gasteiger partial charge in [0.2, 0.25) is 0 Å². The van der Waals surface area contributed by atoms with Gasteiger partial charge < -0.3 is 5.32 Å². The smallest absolute Gasteiger partial charge is 0.0120 e. The third kappa shape index (κ3) is 2.77. The van der Waals surface area contributed by atoms with E-state index in [-0.39, 0.29) is 0 Å². The van der Waals surface area contributed by atoms with Crippen LogP contribution >= 0.6 is 0 Å². The predicted molar refractivity (Wildman–Crippen MR) is 94.4 cm³/mol. The molecule has 4 atom stereocenters. The lowest BCUT2D eigenvalue weighted by Gasteiger charge is -2.33. The van der Waals surface area contributed by atoms with E-state index < -0.39 is 0 Å². The van der Waals surface area contributed by atoms with Gasteiger partial charge in [-0.25, -0.2) is 0 Å². The molecule has 3 aliphatic heterocycles. The van der Waals surface area contributed by atoms with Gasteiger partial charge in [-0.1, -0.05) is 6.92 Å². The highest BCUT2D eigenvalue weighted by molar-refractivity contribution is 5.01. The Morgan fingerprint density at radius 1 is 0.652 bits per heavy atom. The standard InChI is InChI=1S/C20H35N3/c1-14-6-15-10-23(11-16(15)7-14)20-8-17-12-22(13-18(17)9-20)19-2-4-21-5-3-19/h14-21H,2-13H2,1H3. The number of nitrogens with one attached hydrogen (secondary N) is 1. The molecule has 23 heavy (non-hydrogen) atoms. The zero-order valence-electron chi connectivity index (χ0n) is 14.9. The Kier molecular flexibility index (Phi) is 3.95. The van der Waals surface area contributed by atoms with Crippen molar-refractivity contribution in [3.8, 4) is 0 Å². The lowest BCUT2D eigenvalue weighted by Crippen LogP contribution is -2.43. The van der Waals surface area contributed by atoms with E-state index >= 15 is 0 Å². The fraction of sp³-hybridized carbons (Fsp3) is 1.00. The van der Waals surface area contributed by atoms with Crippen molar-refractivity contribution in [2.75, 3.05) is 39.3 Å². The van der Waals surface area contributed by atoms with Gasteiger partial charge in [0.15, 0.2) is 0 Å². The van der Waals surface area contributed by atoms with Gasteiger partial charge in [0.25, 0.3) is 0 Å². The molecule has 0 aromatic heterocycles. The number of piperidine rings is 1. The van der Waals surface area contributed by atoms with Gasteiger partial charge in [-0.3, -0.25) is 9.80 Å². The second-order valence-corrected chi connectivity index (χ2v) is 9.63. The summed E-state index contributed by atoms with van der Waals surface area (Å²) >= 11 is 0. The van der Waals surface area contributed by atoms with E-state index in [1.807, 2.05) is 0 Å². The number of fused-ring (bicyclic) bond motifs is 2. The molecule has 5 aliphatic rings. The van der Waals surface area contributed by atoms with E-state index in [1.54, 1.807) is 0 Å². The zero-order valence-corrected chi connectivity index (χ0v) is 14.9. The number of hydrogen-bond donors (Lipinski definition) is 1. The number of rotatable bonds is 2. The molecule has 0 bridgehead atoms. The molecule has 1 N–H and O–H groups in total. The second-order valence-electron chi connectivity index (χ2n) is 9.63. The van der Waals surface area contributed by atoms with Gasteiger partial charge in [-0.2, -0.15) is 0 Å². The minimum absolute atomic E-state index is 0.896. The Bertz CT molecular complexity index is 405. The highest BCUT2D eigenvalue weighted by atomic mass is 15.2. The number of likely N-dealkylation sites (tertiary alicyclic amines) is 2. The Morgan fingerprint density at radius 2 is 1.13 bits per heavy atom. The largest absolute Gasteiger partial charge is 0.317 e. The molecule has 5 fully saturated rings. The number of nitrogens with zero attached hydrogens (tertiary/aromatic N) is 2. The molecule has 0 amide bonds. The quantitative estimate of drug-likeness (QED) is 0.844. The van der Waals surface area contributed by atoms with Gasteiger partial charge in [-0.05, 0) is 81.2 Å². The molecule has 3 saturated heterocycles. The maximum absolute atomic E-state index is 3.52. The zero-order chi connectivity index (χ0) is 15.4. The Hall–Kier alpha value is -0.120. The van der Waals surface area contributed by atoms with Crippen LogP contribution in [0.2, 0.25) is 0 Å². The maximum Gasteiger partial charge on any atom is 0.0120 e. The van der Waals surface area contributed by atoms with E-state index in [1.165, 1.54) is 77.8 Å². The maximum atomic E-state index is 3.52. The molecular weight excluding hydrogens is 282 g/mol. The molecule has 2 aliphatic carbocycles. The Labute approximate surface area is 142 Å². The molecule has 3 nitrogen and oxygen atoms in total. The van der Waals surface area contributed by atoms with Crippen molar-refractivity contribution in [2.24, 2.45) is 29.6 Å². The normalized spacial score (nSPS) is 48.9. The monoisotopic (exact) mass is 317 g/mol. The van der Waals surface area contributed by atoms with Crippen LogP contribution in [0.3, 0.4) is 0 Å². The van der Waals surface area contributed by atoms with Crippen LogP contribution in [0.1, 0.15) is 45.4 Å². The van der Waals surface area contributed by atoms with E-state index in [4.69, 9.17) is 0 Å². The second kappa shape index (κ2) is 6.00. The van der Waals surface area contributed by atoms with Gasteiger partial charge in [0.1, 0.15) is 0 Å². The average molecular weight is 318 g/mol. The van der Waals surface area contributed by atoms with Crippen LogP contribution in [-0.4, -0.2) is 61.2 Å². The SMILES string of the molecule is CC1CC2CN(C3CC4CN(C5CCNCC5)CC4C3)CC2C1. The van der Waals surface area contributed by atoms with Crippen molar-refractivity contribution in [2.45, 2.75) is 57.5 Å². The fourth-order valence-electron chi connectivity index (χ4n) is 7.01. The summed E-state index contributed by atoms with van der Waals surface area (Å²) < 4.78 is 0. The molecule has 2 saturated carbocycles. The summed E-state index contributed by atoms with van der Waals surface area (Å²) in [6, 6.07) is 1.84. The summed E-state index contributed by atoms with van der Waals surface area (Å²) in [5.74, 6) is 5.16. The van der Waals surface area contributed by atoms with E-state index in [0.717, 1.165) is 41.7 Å². The van der Waals surface area contributed by atoms with Crippen molar-refractivity contribution in [3.63, 3.8) is 0 Å². The third-order valence-corrected chi connectivity index (χ3v) is 8.11. The molecule has 4 unspecified atom stereocenters. The van der Waals surface area contributed by atoms with Gasteiger partial charge in [0.05, 0.1) is 0 Å². The summed E-state index contributed by atoms with van der Waals surface area (Å²) in [6.07, 6.45) is 8.84. The molecule has 3 heteroatoms. The van der Waals surface area contributed by atoms with Crippen LogP contribution in [0.4, 0.5) is 0 Å². The average Bonchev–Trinajstić information content (AvgIpc) is 3.25. The van der Waals surface area contributed by atoms with Crippen molar-refractivity contribution in [3.05, 3.63) is 0 Å². The van der Waals surface area contributed by atoms with Crippen LogP contribution in [0, 0.1) is 29.6 Å². The van der Waals surface area contributed by atoms with E-state index in [2.05, 4.69) is 22.0 Å². The first-order valence-electron chi connectivity index (χ1n) is 10.4. The Balaban J connectivity index is 1.15. The summed E-state index contributed by atoms with van der Waals surface area (Å²) in [7, 11) is 0. The number of hydrogen-bond acceptors (Lipinski definition) is 3. The first-order chi connectivity index (χ1) is 11.3. The van der Waals surface area contributed by atoms with Crippen molar-refractivity contribution in [1.82, 2.24) is 15.1 Å². The van der Waals surface area contributed by atoms with Crippen molar-refractivity contribution >= 4 is 0 Å². The molecule has 3 heterocycles. The minimum Gasteiger partial charge on any atom is -0.317 e. The highest BCUT2D eigenvalue weighted by Gasteiger charge is 2.47. The van der Waals surface area contributed by atoms with Crippen molar-refractivity contribution in [1.29, 1.82) is 0 Å². The van der Waals surface area contributed by atoms with E-state index in [0.29, 0.717) is 0 Å². The van der Waals surface area contributed by atoms with Crippen molar-refractivity contribution < 1.29 is 0 Å². The lowest BCUT2D eigenvalue weighted by molar-refractivity contribution is 0.163. The van der Waals surface area contributed by atoms with Gasteiger partial charge in [0, 0.05) is 38.3 Å². The highest BCUT2D eigenvalue weighted by Crippen LogP contribution is 2.46. The first-order valence-corrected chi connectivity index (χ1v) is 10.4. The minimum atomic E-state index is 0.896. The molecule has 0 radical (unpaired) electrons. The van der Waals surface area contributed by atoms with Gasteiger partial charge >= 0.3 is 0 Å². The topological polar surface area (TPSA) is 18.5 Å². The molecular formula is C20H35N3. The van der Waals surface area contributed by atoms with Crippen LogP contribution in [-0.2, 0) is 0 Å². The van der Waals surface area contributed by atoms with E-state index in [9.17, 15) is 0 Å².